The Labute approximate surface area is 209 Å². The van der Waals surface area contributed by atoms with Crippen LogP contribution in [0.4, 0.5) is 19.7 Å². The fourth-order valence-electron chi connectivity index (χ4n) is 2.95. The molecule has 0 aromatic heterocycles. The molecule has 0 spiro atoms. The Hall–Kier alpha value is -2.71. The van der Waals surface area contributed by atoms with E-state index in [1.54, 1.807) is 25.7 Å². The molecule has 2 aromatic carbocycles. The number of rotatable bonds is 10. The molecule has 2 rings (SSSR count). The first kappa shape index (κ1) is 27.5. The number of amides is 2. The van der Waals surface area contributed by atoms with Gasteiger partial charge >= 0.3 is 12.2 Å². The van der Waals surface area contributed by atoms with E-state index >= 15 is 0 Å². The Kier molecular flexibility index (Phi) is 10.7. The Morgan fingerprint density at radius 3 is 2.32 bits per heavy atom. The maximum Gasteiger partial charge on any atom is 0.407 e. The zero-order valence-corrected chi connectivity index (χ0v) is 21.0. The fourth-order valence-corrected chi connectivity index (χ4v) is 3.26. The third-order valence-corrected chi connectivity index (χ3v) is 5.27. The number of carbonyl (C=O) groups is 2. The van der Waals surface area contributed by atoms with Crippen LogP contribution in [-0.4, -0.2) is 44.0 Å². The fraction of sp³-hybridized carbons (Fsp3) is 0.417. The van der Waals surface area contributed by atoms with E-state index in [2.05, 4.69) is 10.6 Å². The summed E-state index contributed by atoms with van der Waals surface area (Å²) in [5, 5.41) is 5.26. The third kappa shape index (κ3) is 9.65. The predicted molar refractivity (Wildman–Crippen MR) is 132 cm³/mol. The van der Waals surface area contributed by atoms with Gasteiger partial charge in [-0.3, -0.25) is 0 Å². The number of alkyl carbamates (subject to hydrolysis) is 2. The molecule has 0 aliphatic rings. The van der Waals surface area contributed by atoms with E-state index in [1.807, 2.05) is 30.3 Å². The van der Waals surface area contributed by atoms with Crippen LogP contribution in [0.3, 0.4) is 0 Å². The molecule has 0 radical (unpaired) electrons. The van der Waals surface area contributed by atoms with Gasteiger partial charge in [0.15, 0.2) is 5.82 Å². The summed E-state index contributed by atoms with van der Waals surface area (Å²) in [5.41, 5.74) is 0.515. The van der Waals surface area contributed by atoms with Crippen molar-refractivity contribution >= 4 is 41.1 Å². The van der Waals surface area contributed by atoms with Crippen LogP contribution in [0.5, 0.6) is 0 Å². The highest BCUT2D eigenvalue weighted by atomic mass is 35.5. The van der Waals surface area contributed by atoms with Crippen molar-refractivity contribution in [2.45, 2.75) is 39.4 Å². The van der Waals surface area contributed by atoms with Gasteiger partial charge in [-0.1, -0.05) is 53.5 Å². The number of carbonyl (C=O) groups excluding carboxylic acids is 2. The molecule has 2 amide bonds. The molecular formula is C24H30Cl2FN3O4. The van der Waals surface area contributed by atoms with Gasteiger partial charge in [-0.05, 0) is 44.9 Å². The van der Waals surface area contributed by atoms with Crippen molar-refractivity contribution in [3.8, 4) is 0 Å². The molecule has 7 nitrogen and oxygen atoms in total. The average molecular weight is 514 g/mol. The Bertz CT molecular complexity index is 955. The number of anilines is 1. The Morgan fingerprint density at radius 2 is 1.65 bits per heavy atom. The first-order valence-corrected chi connectivity index (χ1v) is 11.6. The molecule has 186 valence electrons. The molecule has 0 saturated carbocycles. The van der Waals surface area contributed by atoms with Crippen LogP contribution in [0.2, 0.25) is 10.0 Å². The zero-order valence-electron chi connectivity index (χ0n) is 19.5. The second kappa shape index (κ2) is 13.2. The normalized spacial score (nSPS) is 11.0. The number of hydrogen-bond donors (Lipinski definition) is 2. The summed E-state index contributed by atoms with van der Waals surface area (Å²) in [6, 6.07) is 12.3. The highest BCUT2D eigenvalue weighted by molar-refractivity contribution is 6.42. The molecule has 0 fully saturated rings. The van der Waals surface area contributed by atoms with Crippen molar-refractivity contribution < 1.29 is 23.5 Å². The summed E-state index contributed by atoms with van der Waals surface area (Å²) in [6.07, 6.45) is -0.607. The standard InChI is InChI=1S/C24H30Cl2FN3O4/c1-24(2,3)34-23(32)28-12-7-14-30(19-11-10-18(25)20(26)21(19)27)15-13-29-22(31)33-16-17-8-5-4-6-9-17/h4-6,8-11H,7,12-16H2,1-3H3,(H,28,32)(H,29,31). The highest BCUT2D eigenvalue weighted by Crippen LogP contribution is 2.32. The largest absolute Gasteiger partial charge is 0.445 e. The van der Waals surface area contributed by atoms with Gasteiger partial charge < -0.3 is 25.0 Å². The number of hydrogen-bond acceptors (Lipinski definition) is 5. The molecule has 10 heteroatoms. The van der Waals surface area contributed by atoms with E-state index in [4.69, 9.17) is 32.7 Å². The molecule has 2 aromatic rings. The lowest BCUT2D eigenvalue weighted by molar-refractivity contribution is 0.0527. The molecule has 0 aliphatic carbocycles. The lowest BCUT2D eigenvalue weighted by Gasteiger charge is -2.26. The second-order valence-electron chi connectivity index (χ2n) is 8.45. The van der Waals surface area contributed by atoms with Gasteiger partial charge in [-0.2, -0.15) is 0 Å². The number of nitrogens with zero attached hydrogens (tertiary/aromatic N) is 1. The van der Waals surface area contributed by atoms with Gasteiger partial charge in [0.05, 0.1) is 15.7 Å². The summed E-state index contributed by atoms with van der Waals surface area (Å²) in [5.74, 6) is -0.652. The number of nitrogens with one attached hydrogen (secondary N) is 2. The quantitative estimate of drug-likeness (QED) is 0.311. The first-order chi connectivity index (χ1) is 16.1. The maximum atomic E-state index is 14.8. The van der Waals surface area contributed by atoms with Crippen LogP contribution in [0.1, 0.15) is 32.8 Å². The van der Waals surface area contributed by atoms with Crippen molar-refractivity contribution in [2.24, 2.45) is 0 Å². The summed E-state index contributed by atoms with van der Waals surface area (Å²) < 4.78 is 25.2. The van der Waals surface area contributed by atoms with Gasteiger partial charge in [0.25, 0.3) is 0 Å². The summed E-state index contributed by atoms with van der Waals surface area (Å²) >= 11 is 11.9. The van der Waals surface area contributed by atoms with Gasteiger partial charge in [-0.25, -0.2) is 14.0 Å². The van der Waals surface area contributed by atoms with Crippen molar-refractivity contribution in [2.75, 3.05) is 31.1 Å². The molecular weight excluding hydrogens is 484 g/mol. The van der Waals surface area contributed by atoms with Crippen LogP contribution in [0.15, 0.2) is 42.5 Å². The van der Waals surface area contributed by atoms with Crippen LogP contribution in [0, 0.1) is 5.82 Å². The molecule has 0 aliphatic heterocycles. The molecule has 2 N–H and O–H groups in total. The number of benzene rings is 2. The number of ether oxygens (including phenoxy) is 2. The third-order valence-electron chi connectivity index (χ3n) is 4.49. The van der Waals surface area contributed by atoms with Crippen LogP contribution in [0.25, 0.3) is 0 Å². The Morgan fingerprint density at radius 1 is 0.971 bits per heavy atom. The first-order valence-electron chi connectivity index (χ1n) is 10.9. The van der Waals surface area contributed by atoms with Gasteiger partial charge in [0.1, 0.15) is 12.2 Å². The van der Waals surface area contributed by atoms with Gasteiger partial charge in [-0.15, -0.1) is 0 Å². The SMILES string of the molecule is CC(C)(C)OC(=O)NCCCN(CCNC(=O)OCc1ccccc1)c1ccc(Cl)c(Cl)c1F. The van der Waals surface area contributed by atoms with Crippen molar-refractivity contribution in [3.05, 3.63) is 63.9 Å². The molecule has 0 atom stereocenters. The second-order valence-corrected chi connectivity index (χ2v) is 9.24. The highest BCUT2D eigenvalue weighted by Gasteiger charge is 2.18. The summed E-state index contributed by atoms with van der Waals surface area (Å²) in [7, 11) is 0. The van der Waals surface area contributed by atoms with E-state index < -0.39 is 23.6 Å². The molecule has 0 bridgehead atoms. The topological polar surface area (TPSA) is 79.9 Å². The van der Waals surface area contributed by atoms with E-state index in [1.165, 1.54) is 12.1 Å². The van der Waals surface area contributed by atoms with Crippen LogP contribution >= 0.6 is 23.2 Å². The predicted octanol–water partition coefficient (Wildman–Crippen LogP) is 5.78. The monoisotopic (exact) mass is 513 g/mol. The lowest BCUT2D eigenvalue weighted by atomic mass is 10.2. The average Bonchev–Trinajstić information content (AvgIpc) is 2.77. The van der Waals surface area contributed by atoms with Gasteiger partial charge in [0, 0.05) is 26.2 Å². The van der Waals surface area contributed by atoms with E-state index in [0.717, 1.165) is 5.56 Å². The smallest absolute Gasteiger partial charge is 0.407 e. The molecule has 0 unspecified atom stereocenters. The van der Waals surface area contributed by atoms with Crippen molar-refractivity contribution in [1.29, 1.82) is 0 Å². The van der Waals surface area contributed by atoms with Crippen LogP contribution in [-0.2, 0) is 16.1 Å². The van der Waals surface area contributed by atoms with Crippen molar-refractivity contribution in [1.82, 2.24) is 10.6 Å². The molecule has 34 heavy (non-hydrogen) atoms. The van der Waals surface area contributed by atoms with Gasteiger partial charge in [0.2, 0.25) is 0 Å². The summed E-state index contributed by atoms with van der Waals surface area (Å²) in [4.78, 5) is 25.6. The Balaban J connectivity index is 1.90. The molecule has 0 saturated heterocycles. The van der Waals surface area contributed by atoms with E-state index in [-0.39, 0.29) is 35.4 Å². The van der Waals surface area contributed by atoms with Crippen LogP contribution < -0.4 is 15.5 Å². The maximum absolute atomic E-state index is 14.8. The van der Waals surface area contributed by atoms with E-state index in [0.29, 0.717) is 19.5 Å². The molecule has 0 heterocycles. The van der Waals surface area contributed by atoms with Crippen molar-refractivity contribution in [3.63, 3.8) is 0 Å². The minimum Gasteiger partial charge on any atom is -0.445 e. The van der Waals surface area contributed by atoms with E-state index in [9.17, 15) is 14.0 Å². The zero-order chi connectivity index (χ0) is 25.1. The number of halogens is 3. The summed E-state index contributed by atoms with van der Waals surface area (Å²) in [6.45, 7) is 6.66. The minimum absolute atomic E-state index is 0.108. The minimum atomic E-state index is -0.652. The lowest BCUT2D eigenvalue weighted by Crippen LogP contribution is -2.38.